The number of carbonyl (C=O) groups is 1. The van der Waals surface area contributed by atoms with Crippen LogP contribution in [-0.2, 0) is 4.74 Å². The molecule has 7 heteroatoms. The Kier molecular flexibility index (Phi) is 5.85. The Morgan fingerprint density at radius 2 is 2.18 bits per heavy atom. The number of carbonyl (C=O) groups excluding carboxylic acids is 1. The van der Waals surface area contributed by atoms with Crippen LogP contribution in [0.5, 0.6) is 0 Å². The van der Waals surface area contributed by atoms with Crippen molar-refractivity contribution in [2.24, 2.45) is 0 Å². The van der Waals surface area contributed by atoms with E-state index in [4.69, 9.17) is 4.74 Å². The zero-order valence-electron chi connectivity index (χ0n) is 12.4. The Bertz CT molecular complexity index is 664. The summed E-state index contributed by atoms with van der Waals surface area (Å²) in [7, 11) is 1.62. The maximum Gasteiger partial charge on any atom is 0.274 e. The van der Waals surface area contributed by atoms with E-state index in [1.54, 1.807) is 19.4 Å². The third-order valence-corrected chi connectivity index (χ3v) is 3.76. The normalized spacial score (nSPS) is 10.3. The third-order valence-electron chi connectivity index (χ3n) is 2.91. The molecular formula is C15H17BrN4O2. The molecule has 0 radical (unpaired) electrons. The van der Waals surface area contributed by atoms with Gasteiger partial charge in [0.15, 0.2) is 0 Å². The van der Waals surface area contributed by atoms with E-state index in [1.807, 2.05) is 25.1 Å². The molecule has 22 heavy (non-hydrogen) atoms. The molecule has 1 amide bonds. The number of hydrogen-bond acceptors (Lipinski definition) is 5. The Hall–Kier alpha value is -1.99. The van der Waals surface area contributed by atoms with Crippen LogP contribution in [0.2, 0.25) is 0 Å². The van der Waals surface area contributed by atoms with Crippen molar-refractivity contribution in [3.8, 4) is 0 Å². The van der Waals surface area contributed by atoms with Crippen molar-refractivity contribution in [3.05, 3.63) is 46.2 Å². The smallest absolute Gasteiger partial charge is 0.274 e. The number of hydrogen-bond donors (Lipinski definition) is 2. The van der Waals surface area contributed by atoms with Crippen molar-refractivity contribution < 1.29 is 9.53 Å². The van der Waals surface area contributed by atoms with Gasteiger partial charge in [0, 0.05) is 30.0 Å². The first kappa shape index (κ1) is 16.4. The predicted molar refractivity (Wildman–Crippen MR) is 89.2 cm³/mol. The lowest BCUT2D eigenvalue weighted by Gasteiger charge is -2.08. The Labute approximate surface area is 137 Å². The lowest BCUT2D eigenvalue weighted by molar-refractivity contribution is 0.102. The zero-order valence-corrected chi connectivity index (χ0v) is 14.0. The summed E-state index contributed by atoms with van der Waals surface area (Å²) in [6, 6.07) is 7.20. The molecule has 0 unspecified atom stereocenters. The number of halogens is 1. The van der Waals surface area contributed by atoms with Gasteiger partial charge in [-0.05, 0) is 30.7 Å². The fourth-order valence-electron chi connectivity index (χ4n) is 1.70. The minimum absolute atomic E-state index is 0.284. The maximum atomic E-state index is 12.2. The van der Waals surface area contributed by atoms with Crippen LogP contribution in [0.3, 0.4) is 0 Å². The van der Waals surface area contributed by atoms with Gasteiger partial charge in [-0.3, -0.25) is 4.79 Å². The van der Waals surface area contributed by atoms with Crippen molar-refractivity contribution in [2.45, 2.75) is 6.92 Å². The summed E-state index contributed by atoms with van der Waals surface area (Å²) in [4.78, 5) is 20.5. The molecule has 2 rings (SSSR count). The summed E-state index contributed by atoms with van der Waals surface area (Å²) in [5.41, 5.74) is 2.10. The van der Waals surface area contributed by atoms with Gasteiger partial charge >= 0.3 is 0 Å². The second kappa shape index (κ2) is 7.86. The summed E-state index contributed by atoms with van der Waals surface area (Å²) < 4.78 is 5.88. The van der Waals surface area contributed by atoms with Gasteiger partial charge in [-0.15, -0.1) is 0 Å². The lowest BCUT2D eigenvalue weighted by Crippen LogP contribution is -2.16. The minimum Gasteiger partial charge on any atom is -0.383 e. The van der Waals surface area contributed by atoms with E-state index in [0.29, 0.717) is 30.5 Å². The largest absolute Gasteiger partial charge is 0.383 e. The average Bonchev–Trinajstić information content (AvgIpc) is 2.51. The van der Waals surface area contributed by atoms with E-state index >= 15 is 0 Å². The van der Waals surface area contributed by atoms with E-state index in [0.717, 1.165) is 10.0 Å². The Morgan fingerprint density at radius 1 is 1.36 bits per heavy atom. The van der Waals surface area contributed by atoms with Crippen LogP contribution < -0.4 is 10.6 Å². The number of nitrogens with zero attached hydrogens (tertiary/aromatic N) is 2. The molecule has 1 aromatic heterocycles. The molecular weight excluding hydrogens is 348 g/mol. The lowest BCUT2D eigenvalue weighted by atomic mass is 10.2. The fourth-order valence-corrected chi connectivity index (χ4v) is 2.08. The molecule has 0 aliphatic carbocycles. The van der Waals surface area contributed by atoms with Crippen molar-refractivity contribution in [1.82, 2.24) is 9.97 Å². The number of aryl methyl sites for hydroxylation is 1. The van der Waals surface area contributed by atoms with E-state index < -0.39 is 0 Å². The number of aromatic nitrogens is 2. The highest BCUT2D eigenvalue weighted by atomic mass is 79.9. The zero-order chi connectivity index (χ0) is 15.9. The average molecular weight is 365 g/mol. The molecule has 0 aliphatic heterocycles. The van der Waals surface area contributed by atoms with E-state index in [2.05, 4.69) is 36.5 Å². The van der Waals surface area contributed by atoms with Gasteiger partial charge in [0.05, 0.1) is 6.61 Å². The highest BCUT2D eigenvalue weighted by molar-refractivity contribution is 9.10. The van der Waals surface area contributed by atoms with Crippen LogP contribution in [0.15, 0.2) is 34.9 Å². The van der Waals surface area contributed by atoms with Crippen molar-refractivity contribution >= 4 is 33.5 Å². The van der Waals surface area contributed by atoms with Crippen molar-refractivity contribution in [3.63, 3.8) is 0 Å². The summed E-state index contributed by atoms with van der Waals surface area (Å²) in [5, 5.41) is 5.80. The van der Waals surface area contributed by atoms with Crippen LogP contribution in [-0.4, -0.2) is 36.1 Å². The minimum atomic E-state index is -0.284. The van der Waals surface area contributed by atoms with Crippen molar-refractivity contribution in [1.29, 1.82) is 0 Å². The molecule has 1 aromatic carbocycles. The summed E-state index contributed by atoms with van der Waals surface area (Å²) >= 11 is 3.44. The Balaban J connectivity index is 2.05. The molecule has 1 heterocycles. The SMILES string of the molecule is COCCNc1nccc(C(=O)Nc2ccc(C)c(Br)c2)n1. The molecule has 0 atom stereocenters. The fraction of sp³-hybridized carbons (Fsp3) is 0.267. The number of methoxy groups -OCH3 is 1. The summed E-state index contributed by atoms with van der Waals surface area (Å²) in [6.45, 7) is 3.10. The summed E-state index contributed by atoms with van der Waals surface area (Å²) in [6.07, 6.45) is 1.54. The molecule has 2 N–H and O–H groups in total. The molecule has 0 saturated carbocycles. The second-order valence-electron chi connectivity index (χ2n) is 4.60. The molecule has 6 nitrogen and oxygen atoms in total. The molecule has 2 aromatic rings. The van der Waals surface area contributed by atoms with Crippen LogP contribution in [0.4, 0.5) is 11.6 Å². The highest BCUT2D eigenvalue weighted by Crippen LogP contribution is 2.21. The van der Waals surface area contributed by atoms with E-state index in [-0.39, 0.29) is 5.91 Å². The first-order chi connectivity index (χ1) is 10.6. The summed E-state index contributed by atoms with van der Waals surface area (Å²) in [5.74, 6) is 0.114. The van der Waals surface area contributed by atoms with Gasteiger partial charge in [-0.25, -0.2) is 9.97 Å². The quantitative estimate of drug-likeness (QED) is 0.770. The van der Waals surface area contributed by atoms with Crippen LogP contribution in [0.25, 0.3) is 0 Å². The molecule has 0 saturated heterocycles. The molecule has 0 spiro atoms. The van der Waals surface area contributed by atoms with Crippen LogP contribution >= 0.6 is 15.9 Å². The topological polar surface area (TPSA) is 76.1 Å². The first-order valence-corrected chi connectivity index (χ1v) is 7.53. The number of rotatable bonds is 6. The monoisotopic (exact) mass is 364 g/mol. The highest BCUT2D eigenvalue weighted by Gasteiger charge is 2.09. The predicted octanol–water partition coefficient (Wildman–Crippen LogP) is 2.86. The van der Waals surface area contributed by atoms with E-state index in [1.165, 1.54) is 0 Å². The van der Waals surface area contributed by atoms with Crippen LogP contribution in [0, 0.1) is 6.92 Å². The maximum absolute atomic E-state index is 12.2. The van der Waals surface area contributed by atoms with Gasteiger partial charge in [0.2, 0.25) is 5.95 Å². The molecule has 0 bridgehead atoms. The molecule has 0 aliphatic rings. The number of anilines is 2. The van der Waals surface area contributed by atoms with E-state index in [9.17, 15) is 4.79 Å². The number of benzene rings is 1. The second-order valence-corrected chi connectivity index (χ2v) is 5.46. The number of ether oxygens (including phenoxy) is 1. The van der Waals surface area contributed by atoms with Gasteiger partial charge < -0.3 is 15.4 Å². The third kappa shape index (κ3) is 4.51. The molecule has 116 valence electrons. The van der Waals surface area contributed by atoms with Gasteiger partial charge in [-0.1, -0.05) is 22.0 Å². The standard InChI is InChI=1S/C15H17BrN4O2/c1-10-3-4-11(9-12(10)16)19-14(21)13-5-6-17-15(20-13)18-7-8-22-2/h3-6,9H,7-8H2,1-2H3,(H,19,21)(H,17,18,20). The number of nitrogens with one attached hydrogen (secondary N) is 2. The Morgan fingerprint density at radius 3 is 2.91 bits per heavy atom. The van der Waals surface area contributed by atoms with Gasteiger partial charge in [0.25, 0.3) is 5.91 Å². The number of amides is 1. The van der Waals surface area contributed by atoms with Gasteiger partial charge in [0.1, 0.15) is 5.69 Å². The molecule has 0 fully saturated rings. The first-order valence-electron chi connectivity index (χ1n) is 6.73. The van der Waals surface area contributed by atoms with Gasteiger partial charge in [-0.2, -0.15) is 0 Å². The van der Waals surface area contributed by atoms with Crippen molar-refractivity contribution in [2.75, 3.05) is 30.9 Å². The van der Waals surface area contributed by atoms with Crippen LogP contribution in [0.1, 0.15) is 16.1 Å².